The SMILES string of the molecule is CCCCNC(=O)[C@H](CC)N(Cc1c(Cl)cccc1Cl)C(=O)CCCN(c1cccc(C(F)(F)F)c1)S(C)(=O)=O. The first-order valence-electron chi connectivity index (χ1n) is 12.9. The number of carbonyl (C=O) groups excluding carboxylic acids is 2. The predicted octanol–water partition coefficient (Wildman–Crippen LogP) is 6.28. The molecule has 2 aromatic carbocycles. The van der Waals surface area contributed by atoms with Crippen molar-refractivity contribution in [1.82, 2.24) is 10.2 Å². The molecule has 2 amide bonds. The minimum Gasteiger partial charge on any atom is -0.354 e. The van der Waals surface area contributed by atoms with Crippen molar-refractivity contribution in [2.75, 3.05) is 23.7 Å². The molecule has 2 rings (SSSR count). The number of carbonyl (C=O) groups is 2. The number of hydrogen-bond acceptors (Lipinski definition) is 4. The average molecular weight is 625 g/mol. The molecule has 0 heterocycles. The fourth-order valence-electron chi connectivity index (χ4n) is 4.12. The third-order valence-corrected chi connectivity index (χ3v) is 8.12. The average Bonchev–Trinajstić information content (AvgIpc) is 2.87. The normalized spacial score (nSPS) is 12.6. The monoisotopic (exact) mass is 623 g/mol. The molecule has 0 fully saturated rings. The lowest BCUT2D eigenvalue weighted by Gasteiger charge is -2.31. The van der Waals surface area contributed by atoms with E-state index < -0.39 is 33.7 Å². The fraction of sp³-hybridized carbons (Fsp3) is 0.481. The Hall–Kier alpha value is -2.50. The summed E-state index contributed by atoms with van der Waals surface area (Å²) in [5.74, 6) is -0.792. The highest BCUT2D eigenvalue weighted by molar-refractivity contribution is 7.92. The molecule has 1 N–H and O–H groups in total. The summed E-state index contributed by atoms with van der Waals surface area (Å²) in [6.07, 6.45) is -2.02. The van der Waals surface area contributed by atoms with Gasteiger partial charge >= 0.3 is 6.18 Å². The van der Waals surface area contributed by atoms with E-state index in [0.717, 1.165) is 41.6 Å². The molecule has 7 nitrogen and oxygen atoms in total. The van der Waals surface area contributed by atoms with Crippen LogP contribution >= 0.6 is 23.2 Å². The molecule has 0 saturated carbocycles. The van der Waals surface area contributed by atoms with Gasteiger partial charge in [0.25, 0.3) is 0 Å². The van der Waals surface area contributed by atoms with Crippen LogP contribution in [0.3, 0.4) is 0 Å². The molecular formula is C27H34Cl2F3N3O4S. The second-order valence-corrected chi connectivity index (χ2v) is 12.0. The van der Waals surface area contributed by atoms with Crippen molar-refractivity contribution in [3.8, 4) is 0 Å². The van der Waals surface area contributed by atoms with Crippen LogP contribution in [0.1, 0.15) is 57.1 Å². The number of amides is 2. The number of nitrogens with zero attached hydrogens (tertiary/aromatic N) is 2. The van der Waals surface area contributed by atoms with Gasteiger partial charge in [0.05, 0.1) is 17.5 Å². The number of unbranched alkanes of at least 4 members (excludes halogenated alkanes) is 1. The first kappa shape index (κ1) is 33.7. The topological polar surface area (TPSA) is 86.8 Å². The smallest absolute Gasteiger partial charge is 0.354 e. The van der Waals surface area contributed by atoms with Crippen molar-refractivity contribution < 1.29 is 31.2 Å². The highest BCUT2D eigenvalue weighted by Crippen LogP contribution is 2.32. The molecule has 222 valence electrons. The molecule has 1 atom stereocenters. The number of anilines is 1. The second kappa shape index (κ2) is 14.9. The summed E-state index contributed by atoms with van der Waals surface area (Å²) in [6, 6.07) is 8.04. The number of sulfonamides is 1. The van der Waals surface area contributed by atoms with Gasteiger partial charge in [-0.15, -0.1) is 0 Å². The summed E-state index contributed by atoms with van der Waals surface area (Å²) in [6.45, 7) is 3.89. The van der Waals surface area contributed by atoms with Crippen LogP contribution in [0.15, 0.2) is 42.5 Å². The molecule has 0 aromatic heterocycles. The summed E-state index contributed by atoms with van der Waals surface area (Å²) in [5, 5.41) is 3.48. The van der Waals surface area contributed by atoms with Crippen LogP contribution in [0.2, 0.25) is 10.0 Å². The maximum absolute atomic E-state index is 13.5. The molecule has 0 unspecified atom stereocenters. The largest absolute Gasteiger partial charge is 0.416 e. The summed E-state index contributed by atoms with van der Waals surface area (Å²) >= 11 is 12.7. The summed E-state index contributed by atoms with van der Waals surface area (Å²) < 4.78 is 65.4. The quantitative estimate of drug-likeness (QED) is 0.251. The van der Waals surface area contributed by atoms with Gasteiger partial charge < -0.3 is 10.2 Å². The van der Waals surface area contributed by atoms with Crippen LogP contribution in [0.4, 0.5) is 18.9 Å². The molecule has 0 radical (unpaired) electrons. The van der Waals surface area contributed by atoms with Gasteiger partial charge in [-0.25, -0.2) is 8.42 Å². The van der Waals surface area contributed by atoms with E-state index in [-0.39, 0.29) is 37.5 Å². The van der Waals surface area contributed by atoms with Gasteiger partial charge in [0.15, 0.2) is 0 Å². The maximum atomic E-state index is 13.5. The fourth-order valence-corrected chi connectivity index (χ4v) is 5.59. The van der Waals surface area contributed by atoms with Crippen molar-refractivity contribution in [2.24, 2.45) is 0 Å². The van der Waals surface area contributed by atoms with Crippen molar-refractivity contribution >= 4 is 50.7 Å². The molecule has 13 heteroatoms. The van der Waals surface area contributed by atoms with Gasteiger partial charge in [-0.05, 0) is 49.6 Å². The van der Waals surface area contributed by atoms with Gasteiger partial charge in [0, 0.05) is 41.7 Å². The van der Waals surface area contributed by atoms with Crippen LogP contribution in [0.5, 0.6) is 0 Å². The maximum Gasteiger partial charge on any atom is 0.416 e. The van der Waals surface area contributed by atoms with Gasteiger partial charge in [-0.2, -0.15) is 13.2 Å². The predicted molar refractivity (Wildman–Crippen MR) is 152 cm³/mol. The number of hydrogen-bond donors (Lipinski definition) is 1. The van der Waals surface area contributed by atoms with Crippen LogP contribution in [0.25, 0.3) is 0 Å². The molecule has 40 heavy (non-hydrogen) atoms. The molecule has 0 aliphatic heterocycles. The van der Waals surface area contributed by atoms with E-state index in [1.807, 2.05) is 6.92 Å². The molecule has 2 aromatic rings. The van der Waals surface area contributed by atoms with Gasteiger partial charge in [-0.3, -0.25) is 13.9 Å². The van der Waals surface area contributed by atoms with E-state index in [0.29, 0.717) is 28.6 Å². The Kier molecular flexibility index (Phi) is 12.6. The lowest BCUT2D eigenvalue weighted by atomic mass is 10.1. The van der Waals surface area contributed by atoms with E-state index in [2.05, 4.69) is 5.32 Å². The Morgan fingerprint density at radius 2 is 1.65 bits per heavy atom. The lowest BCUT2D eigenvalue weighted by molar-refractivity contribution is -0.141. The highest BCUT2D eigenvalue weighted by Gasteiger charge is 2.32. The van der Waals surface area contributed by atoms with Gasteiger partial charge in [0.2, 0.25) is 21.8 Å². The number of alkyl halides is 3. The van der Waals surface area contributed by atoms with Crippen molar-refractivity contribution in [3.05, 3.63) is 63.6 Å². The number of rotatable bonds is 14. The summed E-state index contributed by atoms with van der Waals surface area (Å²) in [4.78, 5) is 27.9. The molecule has 0 bridgehead atoms. The van der Waals surface area contributed by atoms with E-state index >= 15 is 0 Å². The Balaban J connectivity index is 2.29. The van der Waals surface area contributed by atoms with E-state index in [1.165, 1.54) is 11.0 Å². The molecule has 0 aliphatic carbocycles. The van der Waals surface area contributed by atoms with Crippen molar-refractivity contribution in [2.45, 2.75) is 64.7 Å². The van der Waals surface area contributed by atoms with Crippen molar-refractivity contribution in [3.63, 3.8) is 0 Å². The van der Waals surface area contributed by atoms with Gasteiger partial charge in [-0.1, -0.05) is 55.6 Å². The Bertz CT molecular complexity index is 1260. The molecule has 0 spiro atoms. The second-order valence-electron chi connectivity index (χ2n) is 9.28. The third kappa shape index (κ3) is 9.55. The first-order valence-corrected chi connectivity index (χ1v) is 15.5. The molecule has 0 aliphatic rings. The molecule has 0 saturated heterocycles. The third-order valence-electron chi connectivity index (χ3n) is 6.22. The van der Waals surface area contributed by atoms with Gasteiger partial charge in [0.1, 0.15) is 6.04 Å². The number of benzene rings is 2. The Labute approximate surface area is 243 Å². The summed E-state index contributed by atoms with van der Waals surface area (Å²) in [7, 11) is -3.96. The highest BCUT2D eigenvalue weighted by atomic mass is 35.5. The number of halogens is 5. The van der Waals surface area contributed by atoms with Crippen LogP contribution in [-0.2, 0) is 32.3 Å². The minimum absolute atomic E-state index is 0.0111. The van der Waals surface area contributed by atoms with Crippen molar-refractivity contribution in [1.29, 1.82) is 0 Å². The number of nitrogens with one attached hydrogen (secondary N) is 1. The zero-order valence-corrected chi connectivity index (χ0v) is 24.9. The molecular weight excluding hydrogens is 590 g/mol. The van der Waals surface area contributed by atoms with Crippen LogP contribution < -0.4 is 9.62 Å². The van der Waals surface area contributed by atoms with E-state index in [1.54, 1.807) is 25.1 Å². The van der Waals surface area contributed by atoms with E-state index in [9.17, 15) is 31.2 Å². The van der Waals surface area contributed by atoms with Crippen LogP contribution in [-0.4, -0.2) is 50.5 Å². The summed E-state index contributed by atoms with van der Waals surface area (Å²) in [5.41, 5.74) is -0.690. The van der Waals surface area contributed by atoms with Crippen LogP contribution in [0, 0.1) is 0 Å². The van der Waals surface area contributed by atoms with E-state index in [4.69, 9.17) is 23.2 Å². The standard InChI is InChI=1S/C27H34Cl2F3N3O4S/c1-4-6-15-33-26(37)24(5-2)34(18-21-22(28)12-8-13-23(21)29)25(36)14-9-16-35(40(3,38)39)20-11-7-10-19(17-20)27(30,31)32/h7-8,10-13,17,24H,4-6,9,14-16,18H2,1-3H3,(H,33,37)/t24-/m0/s1. The first-order chi connectivity index (χ1) is 18.7. The lowest BCUT2D eigenvalue weighted by Crippen LogP contribution is -2.49. The Morgan fingerprint density at radius 1 is 1.02 bits per heavy atom. The Morgan fingerprint density at radius 3 is 2.20 bits per heavy atom. The minimum atomic E-state index is -4.65. The zero-order valence-electron chi connectivity index (χ0n) is 22.6. The zero-order chi connectivity index (χ0) is 30.1.